The van der Waals surface area contributed by atoms with Crippen molar-refractivity contribution < 1.29 is 15.0 Å². The molecule has 5 nitrogen and oxygen atoms in total. The monoisotopic (exact) mass is 328 g/mol. The number of hydrogen-bond acceptors (Lipinski definition) is 4. The zero-order valence-corrected chi connectivity index (χ0v) is 14.1. The fraction of sp³-hybridized carbons (Fsp3) is 0.316. The van der Waals surface area contributed by atoms with Gasteiger partial charge < -0.3 is 20.4 Å². The molecule has 0 bridgehead atoms. The van der Waals surface area contributed by atoms with Crippen molar-refractivity contribution in [2.75, 3.05) is 25.1 Å². The summed E-state index contributed by atoms with van der Waals surface area (Å²) >= 11 is 0. The average molecular weight is 328 g/mol. The second-order valence-corrected chi connectivity index (χ2v) is 5.78. The Bertz CT molecular complexity index is 653. The summed E-state index contributed by atoms with van der Waals surface area (Å²) in [6.07, 6.45) is 0.499. The molecule has 0 saturated carbocycles. The molecule has 0 radical (unpaired) electrons. The Morgan fingerprint density at radius 3 is 2.29 bits per heavy atom. The van der Waals surface area contributed by atoms with Gasteiger partial charge in [-0.2, -0.15) is 0 Å². The Balaban J connectivity index is 1.99. The highest BCUT2D eigenvalue weighted by molar-refractivity contribution is 5.94. The molecular formula is C19H24N2O3. The number of benzene rings is 2. The smallest absolute Gasteiger partial charge is 0.251 e. The third-order valence-corrected chi connectivity index (χ3v) is 4.02. The van der Waals surface area contributed by atoms with E-state index in [1.165, 1.54) is 0 Å². The molecule has 0 aromatic heterocycles. The van der Waals surface area contributed by atoms with E-state index in [1.54, 1.807) is 36.4 Å². The molecule has 2 aromatic rings. The molecule has 24 heavy (non-hydrogen) atoms. The summed E-state index contributed by atoms with van der Waals surface area (Å²) in [6.45, 7) is 2.81. The van der Waals surface area contributed by atoms with Gasteiger partial charge in [0.2, 0.25) is 0 Å². The van der Waals surface area contributed by atoms with E-state index in [-0.39, 0.29) is 24.3 Å². The molecule has 1 amide bonds. The zero-order chi connectivity index (χ0) is 17.5. The predicted octanol–water partition coefficient (Wildman–Crippen LogP) is 2.18. The second-order valence-electron chi connectivity index (χ2n) is 5.78. The van der Waals surface area contributed by atoms with Crippen molar-refractivity contribution in [2.24, 2.45) is 0 Å². The third-order valence-electron chi connectivity index (χ3n) is 4.02. The molecule has 0 aliphatic rings. The zero-order valence-electron chi connectivity index (χ0n) is 14.1. The fourth-order valence-electron chi connectivity index (χ4n) is 2.40. The van der Waals surface area contributed by atoms with Crippen molar-refractivity contribution in [1.82, 2.24) is 5.32 Å². The topological polar surface area (TPSA) is 72.8 Å². The Morgan fingerprint density at radius 1 is 1.12 bits per heavy atom. The summed E-state index contributed by atoms with van der Waals surface area (Å²) in [7, 11) is 1.99. The number of rotatable bonds is 7. The first kappa shape index (κ1) is 17.8. The van der Waals surface area contributed by atoms with E-state index in [0.717, 1.165) is 17.8 Å². The lowest BCUT2D eigenvalue weighted by Gasteiger charge is -2.18. The van der Waals surface area contributed by atoms with Crippen LogP contribution in [0.15, 0.2) is 48.5 Å². The molecule has 0 fully saturated rings. The summed E-state index contributed by atoms with van der Waals surface area (Å²) in [4.78, 5) is 14.4. The van der Waals surface area contributed by atoms with Gasteiger partial charge in [-0.25, -0.2) is 0 Å². The highest BCUT2D eigenvalue weighted by Gasteiger charge is 2.14. The van der Waals surface area contributed by atoms with E-state index in [9.17, 15) is 15.0 Å². The lowest BCUT2D eigenvalue weighted by molar-refractivity contribution is 0.0916. The number of carbonyl (C=O) groups is 1. The summed E-state index contributed by atoms with van der Waals surface area (Å²) in [5.74, 6) is -0.0148. The fourth-order valence-corrected chi connectivity index (χ4v) is 2.40. The van der Waals surface area contributed by atoms with Crippen molar-refractivity contribution in [3.05, 3.63) is 59.7 Å². The van der Waals surface area contributed by atoms with Crippen molar-refractivity contribution in [2.45, 2.75) is 19.4 Å². The number of amides is 1. The van der Waals surface area contributed by atoms with Crippen LogP contribution in [-0.4, -0.2) is 42.4 Å². The third kappa shape index (κ3) is 4.73. The van der Waals surface area contributed by atoms with Crippen molar-refractivity contribution >= 4 is 11.6 Å². The normalized spacial score (nSPS) is 11.8. The molecule has 1 atom stereocenters. The Morgan fingerprint density at radius 2 is 1.75 bits per heavy atom. The van der Waals surface area contributed by atoms with E-state index in [1.807, 2.05) is 19.2 Å². The van der Waals surface area contributed by atoms with Crippen LogP contribution in [-0.2, 0) is 6.42 Å². The second kappa shape index (κ2) is 8.36. The van der Waals surface area contributed by atoms with E-state index in [2.05, 4.69) is 17.1 Å². The highest BCUT2D eigenvalue weighted by atomic mass is 16.3. The molecule has 0 spiro atoms. The highest BCUT2D eigenvalue weighted by Crippen LogP contribution is 2.14. The van der Waals surface area contributed by atoms with Crippen molar-refractivity contribution in [3.8, 4) is 5.75 Å². The van der Waals surface area contributed by atoms with Crippen LogP contribution in [0.5, 0.6) is 5.75 Å². The molecule has 128 valence electrons. The van der Waals surface area contributed by atoms with E-state index in [4.69, 9.17) is 0 Å². The number of hydrogen-bond donors (Lipinski definition) is 3. The molecule has 0 aliphatic heterocycles. The first-order chi connectivity index (χ1) is 11.5. The van der Waals surface area contributed by atoms with Crippen LogP contribution < -0.4 is 10.2 Å². The molecule has 0 unspecified atom stereocenters. The Hall–Kier alpha value is -2.53. The van der Waals surface area contributed by atoms with Gasteiger partial charge in [-0.05, 0) is 55.3 Å². The largest absolute Gasteiger partial charge is 0.508 e. The molecule has 2 aromatic carbocycles. The number of phenols is 1. The summed E-state index contributed by atoms with van der Waals surface area (Å²) in [5.41, 5.74) is 2.55. The maximum Gasteiger partial charge on any atom is 0.251 e. The number of phenolic OH excluding ortho intramolecular Hbond substituents is 1. The molecule has 5 heteroatoms. The van der Waals surface area contributed by atoms with Crippen LogP contribution >= 0.6 is 0 Å². The molecular weight excluding hydrogens is 304 g/mol. The molecule has 3 N–H and O–H groups in total. The molecule has 0 aliphatic carbocycles. The van der Waals surface area contributed by atoms with Gasteiger partial charge in [0.25, 0.3) is 5.91 Å². The van der Waals surface area contributed by atoms with Gasteiger partial charge in [0.05, 0.1) is 12.6 Å². The number of carbonyl (C=O) groups excluding carboxylic acids is 1. The quantitative estimate of drug-likeness (QED) is 0.728. The Kier molecular flexibility index (Phi) is 6.21. The number of aliphatic hydroxyl groups is 1. The lowest BCUT2D eigenvalue weighted by Crippen LogP contribution is -2.39. The van der Waals surface area contributed by atoms with Gasteiger partial charge in [0.15, 0.2) is 0 Å². The van der Waals surface area contributed by atoms with E-state index >= 15 is 0 Å². The lowest BCUT2D eigenvalue weighted by atomic mass is 10.1. The van der Waals surface area contributed by atoms with Gasteiger partial charge >= 0.3 is 0 Å². The van der Waals surface area contributed by atoms with Gasteiger partial charge in [-0.1, -0.05) is 12.1 Å². The van der Waals surface area contributed by atoms with Gasteiger partial charge in [-0.3, -0.25) is 4.79 Å². The first-order valence-electron chi connectivity index (χ1n) is 8.04. The molecule has 0 heterocycles. The van der Waals surface area contributed by atoms with Crippen LogP contribution in [0, 0.1) is 0 Å². The average Bonchev–Trinajstić information content (AvgIpc) is 2.62. The van der Waals surface area contributed by atoms with E-state index in [0.29, 0.717) is 12.0 Å². The summed E-state index contributed by atoms with van der Waals surface area (Å²) < 4.78 is 0. The number of aromatic hydroxyl groups is 1. The summed E-state index contributed by atoms with van der Waals surface area (Å²) in [5, 5.41) is 21.7. The minimum atomic E-state index is -0.375. The van der Waals surface area contributed by atoms with Gasteiger partial charge in [0.1, 0.15) is 5.75 Å². The number of aliphatic hydroxyl groups excluding tert-OH is 1. The number of nitrogens with zero attached hydrogens (tertiary/aromatic N) is 1. The number of anilines is 1. The SMILES string of the molecule is CCN(C)c1ccc(C(=O)N[C@H](CO)Cc2ccc(O)cc2)cc1. The van der Waals surface area contributed by atoms with Crippen molar-refractivity contribution in [3.63, 3.8) is 0 Å². The maximum absolute atomic E-state index is 12.3. The summed E-state index contributed by atoms with van der Waals surface area (Å²) in [6, 6.07) is 13.7. The van der Waals surface area contributed by atoms with Crippen LogP contribution in [0.2, 0.25) is 0 Å². The van der Waals surface area contributed by atoms with Crippen molar-refractivity contribution in [1.29, 1.82) is 0 Å². The number of nitrogens with one attached hydrogen (secondary N) is 1. The van der Waals surface area contributed by atoms with E-state index < -0.39 is 0 Å². The van der Waals surface area contributed by atoms with Crippen LogP contribution in [0.1, 0.15) is 22.8 Å². The standard InChI is InChI=1S/C19H24N2O3/c1-3-21(2)17-8-6-15(7-9-17)19(24)20-16(13-22)12-14-4-10-18(23)11-5-14/h4-11,16,22-23H,3,12-13H2,1-2H3,(H,20,24)/t16-/m0/s1. The maximum atomic E-state index is 12.3. The molecule has 2 rings (SSSR count). The van der Waals surface area contributed by atoms with Gasteiger partial charge in [-0.15, -0.1) is 0 Å². The first-order valence-corrected chi connectivity index (χ1v) is 8.04. The minimum Gasteiger partial charge on any atom is -0.508 e. The van der Waals surface area contributed by atoms with Crippen LogP contribution in [0.25, 0.3) is 0 Å². The molecule has 0 saturated heterocycles. The van der Waals surface area contributed by atoms with Crippen LogP contribution in [0.3, 0.4) is 0 Å². The van der Waals surface area contributed by atoms with Crippen LogP contribution in [0.4, 0.5) is 5.69 Å². The Labute approximate surface area is 142 Å². The minimum absolute atomic E-state index is 0.150. The predicted molar refractivity (Wildman–Crippen MR) is 95.5 cm³/mol. The van der Waals surface area contributed by atoms with Gasteiger partial charge in [0, 0.05) is 24.8 Å².